The quantitative estimate of drug-likeness (QED) is 0.155. The molecular formula is C110H84BN3O2. The van der Waals surface area contributed by atoms with E-state index in [0.717, 1.165) is 135 Å². The number of benzene rings is 16. The van der Waals surface area contributed by atoms with Crippen LogP contribution in [-0.2, 0) is 27.1 Å². The van der Waals surface area contributed by atoms with Crippen LogP contribution in [0, 0.1) is 0 Å². The first kappa shape index (κ1) is 62.1. The van der Waals surface area contributed by atoms with Crippen molar-refractivity contribution in [2.75, 3.05) is 9.80 Å². The molecule has 0 atom stereocenters. The summed E-state index contributed by atoms with van der Waals surface area (Å²) in [4.78, 5) is 5.01. The predicted octanol–water partition coefficient (Wildman–Crippen LogP) is 26.7. The molecule has 0 N–H and O–H groups in total. The maximum atomic E-state index is 10.4. The number of nitrogens with zero attached hydrogens (tertiary/aromatic N) is 3. The van der Waals surface area contributed by atoms with Gasteiger partial charge in [-0.05, 0) is 219 Å². The van der Waals surface area contributed by atoms with Crippen LogP contribution in [0.4, 0.5) is 34.1 Å². The molecule has 0 unspecified atom stereocenters. The molecule has 0 amide bonds. The van der Waals surface area contributed by atoms with Gasteiger partial charge in [0.05, 0.1) is 41.5 Å². The van der Waals surface area contributed by atoms with Gasteiger partial charge < -0.3 is 23.8 Å². The van der Waals surface area contributed by atoms with Crippen molar-refractivity contribution >= 4 is 79.0 Å². The summed E-state index contributed by atoms with van der Waals surface area (Å²) in [7, 11) is 0. The van der Waals surface area contributed by atoms with Crippen molar-refractivity contribution in [1.82, 2.24) is 4.57 Å². The van der Waals surface area contributed by atoms with Crippen LogP contribution in [0.2, 0.25) is 0 Å². The number of fused-ring (bicyclic) bond motifs is 25. The fraction of sp³-hybridized carbons (Fsp3) is 0.127. The van der Waals surface area contributed by atoms with Gasteiger partial charge in [-0.3, -0.25) is 0 Å². The maximum Gasteiger partial charge on any atom is 0.252 e. The fourth-order valence-electron chi connectivity index (χ4n) is 20.4. The van der Waals surface area contributed by atoms with Crippen molar-refractivity contribution in [2.24, 2.45) is 0 Å². The van der Waals surface area contributed by atoms with Crippen molar-refractivity contribution in [3.63, 3.8) is 0 Å². The van der Waals surface area contributed by atoms with Crippen molar-refractivity contribution in [1.29, 1.82) is 0 Å². The van der Waals surface area contributed by atoms with Crippen LogP contribution in [0.5, 0.6) is 23.0 Å². The molecule has 0 radical (unpaired) electrons. The first-order chi connectivity index (χ1) is 59.0. The average Bonchev–Trinajstić information content (AvgIpc) is 1.40. The van der Waals surface area contributed by atoms with Gasteiger partial charge in [0.15, 0.2) is 0 Å². The molecule has 2 aliphatic carbocycles. The van der Waals surface area contributed by atoms with Gasteiger partial charge in [0.2, 0.25) is 0 Å². The molecule has 4 aliphatic heterocycles. The van der Waals surface area contributed by atoms with Crippen molar-refractivity contribution in [2.45, 2.75) is 89.4 Å². The summed E-state index contributed by atoms with van der Waals surface area (Å²) >= 11 is 0. The van der Waals surface area contributed by atoms with Crippen LogP contribution in [0.15, 0.2) is 346 Å². The highest BCUT2D eigenvalue weighted by Gasteiger charge is 2.54. The summed E-state index contributed by atoms with van der Waals surface area (Å²) in [5.74, 6) is 3.22. The number of para-hydroxylation sites is 4. The number of rotatable bonds is 6. The van der Waals surface area contributed by atoms with E-state index in [1.54, 1.807) is 0 Å². The molecule has 0 fully saturated rings. The molecule has 6 aliphatic rings. The minimum Gasteiger partial charge on any atom is -0.457 e. The lowest BCUT2D eigenvalue weighted by Crippen LogP contribution is -2.61. The molecule has 0 saturated carbocycles. The van der Waals surface area contributed by atoms with Crippen LogP contribution in [0.1, 0.15) is 132 Å². The number of aromatic nitrogens is 1. The smallest absolute Gasteiger partial charge is 0.252 e. The number of ether oxygens (including phenoxy) is 2. The standard InChI is InChI=1S/C110H84BN3O2/c1-106(2,3)71-50-55-95-81(62-71)82-63-72(107(4,5)6)51-56-96(82)112(95)74-52-53-91-98(66-74)114(94-44-26-18-32-76(94)70-49-58-104-90(60-70)110(88-42-24-28-46-102(88)116-104)85-39-21-15-35-79(85)80-36-16-22-40-86(80)110)100-65-73(108(7,8)9)64-99-105(100)111(91)92-61-68(67-29-11-10-12-30-67)47-54-97(92)113(99)93-43-25-17-31-75(93)69-48-57-103-89(59-69)109(87-41-23-27-45-101(87)115-103)83-37-19-13-33-77(83)78-34-14-20-38-84(78)109/h10-66H,1-9H3/i50D,51D,55D,56D,62D,63D. The Morgan fingerprint density at radius 3 is 1.15 bits per heavy atom. The van der Waals surface area contributed by atoms with E-state index in [0.29, 0.717) is 27.6 Å². The van der Waals surface area contributed by atoms with Gasteiger partial charge in [-0.25, -0.2) is 0 Å². The highest BCUT2D eigenvalue weighted by atomic mass is 16.5. The van der Waals surface area contributed by atoms with Crippen LogP contribution >= 0.6 is 0 Å². The van der Waals surface area contributed by atoms with Gasteiger partial charge in [-0.1, -0.05) is 305 Å². The predicted molar refractivity (Wildman–Crippen MR) is 482 cm³/mol. The van der Waals surface area contributed by atoms with Gasteiger partial charge in [0.1, 0.15) is 23.0 Å². The van der Waals surface area contributed by atoms with E-state index in [1.807, 2.05) is 46.1 Å². The van der Waals surface area contributed by atoms with E-state index in [4.69, 9.17) is 9.47 Å². The monoisotopic (exact) mass is 1500 g/mol. The molecule has 116 heavy (non-hydrogen) atoms. The van der Waals surface area contributed by atoms with Gasteiger partial charge in [0.25, 0.3) is 6.71 Å². The van der Waals surface area contributed by atoms with Crippen LogP contribution in [0.25, 0.3) is 83.1 Å². The Morgan fingerprint density at radius 1 is 0.284 bits per heavy atom. The minimum atomic E-state index is -0.770. The first-order valence-electron chi connectivity index (χ1n) is 43.6. The Morgan fingerprint density at radius 2 is 0.681 bits per heavy atom. The summed E-state index contributed by atoms with van der Waals surface area (Å²) in [5.41, 5.74) is 28.2. The molecule has 2 spiro atoms. The zero-order chi connectivity index (χ0) is 83.3. The molecule has 23 rings (SSSR count). The second-order valence-corrected chi connectivity index (χ2v) is 35.3. The van der Waals surface area contributed by atoms with Crippen molar-refractivity contribution in [3.8, 4) is 84.3 Å². The molecule has 554 valence electrons. The van der Waals surface area contributed by atoms with Crippen molar-refractivity contribution in [3.05, 3.63) is 407 Å². The molecule has 17 aromatic rings. The molecule has 0 saturated heterocycles. The van der Waals surface area contributed by atoms with E-state index in [1.165, 1.54) is 44.5 Å². The van der Waals surface area contributed by atoms with Crippen LogP contribution in [0.3, 0.4) is 0 Å². The molecule has 5 nitrogen and oxygen atoms in total. The fourth-order valence-corrected chi connectivity index (χ4v) is 20.4. The SMILES string of the molecule is [2H]c1c(C(C)(C)C)c([2H])c2c3c([2H])c(C(C)(C)C)c([2H])c([2H])c3n(-c3ccc4c(c3)N(c3ccccc3-c3ccc5c(c3)C3(c6ccccc6O5)c5ccccc5-c5ccccc53)c3cc(C(C)(C)C)cc5c3B4c3cc(-c4ccccc4)ccc3N5c3ccccc3-c3ccc4c(c3)C3(c5ccccc5O4)c4ccccc4-c4ccccc43)c2c1[2H]. The highest BCUT2D eigenvalue weighted by molar-refractivity contribution is 7.00. The molecule has 6 heteroatoms. The average molecular weight is 1500 g/mol. The summed E-state index contributed by atoms with van der Waals surface area (Å²) in [6.45, 7) is 18.2. The van der Waals surface area contributed by atoms with E-state index in [-0.39, 0.29) is 47.3 Å². The Hall–Kier alpha value is -13.4. The zero-order valence-electron chi connectivity index (χ0n) is 72.2. The highest BCUT2D eigenvalue weighted by Crippen LogP contribution is 2.65. The van der Waals surface area contributed by atoms with E-state index in [9.17, 15) is 8.22 Å². The number of hydrogen-bond donors (Lipinski definition) is 0. The summed E-state index contributed by atoms with van der Waals surface area (Å²) < 4.78 is 77.7. The summed E-state index contributed by atoms with van der Waals surface area (Å²) in [5, 5.41) is 0.642. The number of anilines is 6. The Labute approximate surface area is 687 Å². The van der Waals surface area contributed by atoms with Gasteiger partial charge in [-0.15, -0.1) is 0 Å². The third-order valence-electron chi connectivity index (χ3n) is 25.7. The third kappa shape index (κ3) is 9.59. The second-order valence-electron chi connectivity index (χ2n) is 35.3. The molecule has 16 aromatic carbocycles. The Kier molecular flexibility index (Phi) is 13.1. The van der Waals surface area contributed by atoms with E-state index in [2.05, 4.69) is 340 Å². The summed E-state index contributed by atoms with van der Waals surface area (Å²) in [6.07, 6.45) is 0. The van der Waals surface area contributed by atoms with Gasteiger partial charge in [-0.2, -0.15) is 0 Å². The number of hydrogen-bond acceptors (Lipinski definition) is 4. The lowest BCUT2D eigenvalue weighted by atomic mass is 9.33. The van der Waals surface area contributed by atoms with Gasteiger partial charge >= 0.3 is 0 Å². The Balaban J connectivity index is 0.819. The first-order valence-corrected chi connectivity index (χ1v) is 40.6. The molecule has 0 bridgehead atoms. The lowest BCUT2D eigenvalue weighted by molar-refractivity contribution is 0.436. The van der Waals surface area contributed by atoms with Crippen molar-refractivity contribution < 1.29 is 17.7 Å². The minimum absolute atomic E-state index is 0.0394. The van der Waals surface area contributed by atoms with Gasteiger partial charge in [0, 0.05) is 72.6 Å². The molecule has 5 heterocycles. The third-order valence-corrected chi connectivity index (χ3v) is 25.7. The van der Waals surface area contributed by atoms with E-state index >= 15 is 0 Å². The zero-order valence-corrected chi connectivity index (χ0v) is 66.2. The lowest BCUT2D eigenvalue weighted by Gasteiger charge is -2.46. The maximum absolute atomic E-state index is 10.4. The van der Waals surface area contributed by atoms with E-state index < -0.39 is 33.8 Å². The van der Waals surface area contributed by atoms with Crippen LogP contribution in [-0.4, -0.2) is 11.3 Å². The largest absolute Gasteiger partial charge is 0.457 e. The second kappa shape index (κ2) is 24.6. The molecular weight excluding hydrogens is 1410 g/mol. The summed E-state index contributed by atoms with van der Waals surface area (Å²) in [6, 6.07) is 113. The Bertz CT molecular complexity index is 7290. The molecule has 1 aromatic heterocycles. The van der Waals surface area contributed by atoms with Crippen LogP contribution < -0.4 is 35.7 Å². The normalized spacial score (nSPS) is 15.2. The topological polar surface area (TPSA) is 29.9 Å².